The molecule has 1 saturated heterocycles. The highest BCUT2D eigenvalue weighted by Crippen LogP contribution is 2.25. The number of carbonyl (C=O) groups excluding carboxylic acids is 1. The summed E-state index contributed by atoms with van der Waals surface area (Å²) in [5.41, 5.74) is 1.98. The molecule has 2 heterocycles. The van der Waals surface area contributed by atoms with Gasteiger partial charge in [-0.2, -0.15) is 9.30 Å². The van der Waals surface area contributed by atoms with Crippen LogP contribution in [0.3, 0.4) is 0 Å². The zero-order chi connectivity index (χ0) is 18.4. The third kappa shape index (κ3) is 3.67. The van der Waals surface area contributed by atoms with E-state index < -0.39 is 22.0 Å². The number of aromatic nitrogens is 1. The Morgan fingerprint density at radius 3 is 2.76 bits per heavy atom. The molecule has 6 nitrogen and oxygen atoms in total. The van der Waals surface area contributed by atoms with Crippen LogP contribution in [-0.2, 0) is 21.9 Å². The quantitative estimate of drug-likeness (QED) is 0.775. The Hall–Kier alpha value is -1.22. The third-order valence-corrected chi connectivity index (χ3v) is 7.01. The second-order valence-corrected chi connectivity index (χ2v) is 9.73. The molecule has 9 heteroatoms. The van der Waals surface area contributed by atoms with Gasteiger partial charge in [0.15, 0.2) is 4.80 Å². The molecule has 1 amide bonds. The lowest BCUT2D eigenvalue weighted by atomic mass is 10.0. The average Bonchev–Trinajstić information content (AvgIpc) is 2.82. The number of carbonyl (C=O) groups is 1. The van der Waals surface area contributed by atoms with Crippen molar-refractivity contribution in [2.75, 3.05) is 12.8 Å². The molecule has 2 aromatic rings. The van der Waals surface area contributed by atoms with Gasteiger partial charge in [-0.3, -0.25) is 4.79 Å². The Morgan fingerprint density at radius 1 is 1.36 bits per heavy atom. The van der Waals surface area contributed by atoms with Gasteiger partial charge in [-0.25, -0.2) is 8.42 Å². The van der Waals surface area contributed by atoms with E-state index in [0.29, 0.717) is 22.8 Å². The molecule has 0 radical (unpaired) electrons. The summed E-state index contributed by atoms with van der Waals surface area (Å²) >= 11 is 7.49. The predicted octanol–water partition coefficient (Wildman–Crippen LogP) is 2.44. The number of piperidine rings is 1. The third-order valence-electron chi connectivity index (χ3n) is 4.42. The largest absolute Gasteiger partial charge is 0.319 e. The summed E-state index contributed by atoms with van der Waals surface area (Å²) < 4.78 is 28.0. The molecule has 3 rings (SSSR count). The first-order valence-electron chi connectivity index (χ1n) is 7.99. The van der Waals surface area contributed by atoms with Crippen LogP contribution in [0.2, 0.25) is 5.02 Å². The van der Waals surface area contributed by atoms with E-state index in [9.17, 15) is 13.2 Å². The fraction of sp³-hybridized carbons (Fsp3) is 0.500. The molecule has 1 fully saturated rings. The van der Waals surface area contributed by atoms with Crippen molar-refractivity contribution in [3.8, 4) is 0 Å². The minimum absolute atomic E-state index is 0.373. The zero-order valence-corrected chi connectivity index (χ0v) is 16.7. The van der Waals surface area contributed by atoms with E-state index in [1.165, 1.54) is 15.6 Å². The van der Waals surface area contributed by atoms with Crippen molar-refractivity contribution in [1.29, 1.82) is 0 Å². The van der Waals surface area contributed by atoms with Crippen LogP contribution in [0.15, 0.2) is 17.1 Å². The number of hydrogen-bond acceptors (Lipinski definition) is 4. The normalized spacial score (nSPS) is 20.3. The fourth-order valence-electron chi connectivity index (χ4n) is 3.29. The van der Waals surface area contributed by atoms with E-state index in [4.69, 9.17) is 11.6 Å². The summed E-state index contributed by atoms with van der Waals surface area (Å²) in [6.45, 7) is 2.33. The fourth-order valence-corrected chi connectivity index (χ4v) is 5.89. The van der Waals surface area contributed by atoms with Crippen LogP contribution >= 0.6 is 22.9 Å². The van der Waals surface area contributed by atoms with E-state index in [-0.39, 0.29) is 0 Å². The van der Waals surface area contributed by atoms with Crippen molar-refractivity contribution < 1.29 is 13.2 Å². The van der Waals surface area contributed by atoms with Crippen molar-refractivity contribution in [2.45, 2.75) is 32.2 Å². The van der Waals surface area contributed by atoms with Crippen molar-refractivity contribution in [3.63, 3.8) is 0 Å². The molecule has 0 spiro atoms. The Balaban J connectivity index is 2.05. The van der Waals surface area contributed by atoms with Crippen LogP contribution < -0.4 is 4.80 Å². The van der Waals surface area contributed by atoms with E-state index >= 15 is 0 Å². The molecular weight excluding hydrogens is 382 g/mol. The van der Waals surface area contributed by atoms with Crippen LogP contribution in [0.5, 0.6) is 0 Å². The van der Waals surface area contributed by atoms with E-state index in [2.05, 4.69) is 4.99 Å². The number of benzene rings is 1. The Morgan fingerprint density at radius 2 is 2.08 bits per heavy atom. The number of thiazole rings is 1. The molecule has 136 valence electrons. The molecule has 1 aliphatic heterocycles. The van der Waals surface area contributed by atoms with E-state index in [1.54, 1.807) is 0 Å². The number of amides is 1. The number of sulfonamides is 1. The molecule has 1 unspecified atom stereocenters. The van der Waals surface area contributed by atoms with Crippen LogP contribution in [0.1, 0.15) is 24.8 Å². The second kappa shape index (κ2) is 6.83. The lowest BCUT2D eigenvalue weighted by Crippen LogP contribution is -2.47. The maximum atomic E-state index is 12.7. The topological polar surface area (TPSA) is 71.7 Å². The molecular formula is C16H20ClN3O3S2. The highest BCUT2D eigenvalue weighted by molar-refractivity contribution is 7.88. The second-order valence-electron chi connectivity index (χ2n) is 6.35. The standard InChI is InChI=1S/C16H20ClN3O3S2/c1-10-8-11(17)9-13-14(10)19(2)16(24-13)18-15(21)12-6-4-5-7-20(12)25(3,22)23/h8-9,12H,4-7H2,1-3H3. The van der Waals surface area contributed by atoms with Crippen molar-refractivity contribution in [1.82, 2.24) is 8.87 Å². The number of fused-ring (bicyclic) bond motifs is 1. The zero-order valence-electron chi connectivity index (χ0n) is 14.3. The van der Waals surface area contributed by atoms with Gasteiger partial charge in [0.1, 0.15) is 6.04 Å². The van der Waals surface area contributed by atoms with Crippen LogP contribution in [0, 0.1) is 6.92 Å². The summed E-state index contributed by atoms with van der Waals surface area (Å²) in [4.78, 5) is 17.5. The van der Waals surface area contributed by atoms with Crippen molar-refractivity contribution in [2.24, 2.45) is 12.0 Å². The molecule has 0 N–H and O–H groups in total. The van der Waals surface area contributed by atoms with Gasteiger partial charge in [-0.1, -0.05) is 29.4 Å². The van der Waals surface area contributed by atoms with Gasteiger partial charge >= 0.3 is 0 Å². The summed E-state index contributed by atoms with van der Waals surface area (Å²) in [5.74, 6) is -0.406. The molecule has 1 aromatic carbocycles. The molecule has 0 bridgehead atoms. The number of halogens is 1. The monoisotopic (exact) mass is 401 g/mol. The Bertz CT molecular complexity index is 1010. The first-order chi connectivity index (χ1) is 11.7. The number of hydrogen-bond donors (Lipinski definition) is 0. The van der Waals surface area contributed by atoms with Gasteiger partial charge in [0.25, 0.3) is 5.91 Å². The SMILES string of the molecule is Cc1cc(Cl)cc2sc(=NC(=O)C3CCCCN3S(C)(=O)=O)n(C)c12. The maximum absolute atomic E-state index is 12.7. The van der Waals surface area contributed by atoms with Gasteiger partial charge in [-0.15, -0.1) is 0 Å². The van der Waals surface area contributed by atoms with Crippen LogP contribution in [0.25, 0.3) is 10.2 Å². The maximum Gasteiger partial charge on any atom is 0.266 e. The minimum Gasteiger partial charge on any atom is -0.319 e. The molecule has 0 aliphatic carbocycles. The predicted molar refractivity (Wildman–Crippen MR) is 100 cm³/mol. The van der Waals surface area contributed by atoms with Gasteiger partial charge in [-0.05, 0) is 37.5 Å². The Labute approximate surface area is 155 Å². The van der Waals surface area contributed by atoms with Crippen molar-refractivity contribution in [3.05, 3.63) is 27.5 Å². The molecule has 0 saturated carbocycles. The van der Waals surface area contributed by atoms with Crippen molar-refractivity contribution >= 4 is 49.1 Å². The first-order valence-corrected chi connectivity index (χ1v) is 11.0. The van der Waals surface area contributed by atoms with Gasteiger partial charge < -0.3 is 4.57 Å². The molecule has 1 atom stereocenters. The number of nitrogens with zero attached hydrogens (tertiary/aromatic N) is 3. The van der Waals surface area contributed by atoms with Crippen LogP contribution in [-0.4, -0.2) is 42.0 Å². The van der Waals surface area contributed by atoms with E-state index in [0.717, 1.165) is 34.9 Å². The summed E-state index contributed by atoms with van der Waals surface area (Å²) in [7, 11) is -1.58. The highest BCUT2D eigenvalue weighted by atomic mass is 35.5. The van der Waals surface area contributed by atoms with Gasteiger partial charge in [0.2, 0.25) is 10.0 Å². The highest BCUT2D eigenvalue weighted by Gasteiger charge is 2.34. The van der Waals surface area contributed by atoms with Crippen LogP contribution in [0.4, 0.5) is 0 Å². The number of aryl methyl sites for hydroxylation is 2. The average molecular weight is 402 g/mol. The minimum atomic E-state index is -3.43. The molecule has 1 aromatic heterocycles. The summed E-state index contributed by atoms with van der Waals surface area (Å²) in [5, 5.41) is 0.639. The number of rotatable bonds is 2. The summed E-state index contributed by atoms with van der Waals surface area (Å²) in [6, 6.07) is 3.01. The summed E-state index contributed by atoms with van der Waals surface area (Å²) in [6.07, 6.45) is 3.24. The van der Waals surface area contributed by atoms with Gasteiger partial charge in [0.05, 0.1) is 16.5 Å². The van der Waals surface area contributed by atoms with E-state index in [1.807, 2.05) is 30.7 Å². The molecule has 25 heavy (non-hydrogen) atoms. The Kier molecular flexibility index (Phi) is 5.07. The smallest absolute Gasteiger partial charge is 0.266 e. The first kappa shape index (κ1) is 18.6. The van der Waals surface area contributed by atoms with Gasteiger partial charge in [0, 0.05) is 18.6 Å². The lowest BCUT2D eigenvalue weighted by Gasteiger charge is -2.31. The lowest BCUT2D eigenvalue weighted by molar-refractivity contribution is -0.122. The molecule has 1 aliphatic rings.